The summed E-state index contributed by atoms with van der Waals surface area (Å²) in [5, 5.41) is 13.0. The van der Waals surface area contributed by atoms with E-state index in [1.165, 1.54) is 32.1 Å². The Hall–Kier alpha value is -3.80. The summed E-state index contributed by atoms with van der Waals surface area (Å²) in [5.41, 5.74) is 1.25. The first-order valence-corrected chi connectivity index (χ1v) is 19.8. The quantitative estimate of drug-likeness (QED) is 0.229. The Balaban J connectivity index is 1.09. The van der Waals surface area contributed by atoms with Gasteiger partial charge in [0, 0.05) is 38.4 Å². The first-order valence-electron chi connectivity index (χ1n) is 19.8. The molecule has 2 aromatic rings. The number of aromatic nitrogens is 2. The van der Waals surface area contributed by atoms with E-state index in [2.05, 4.69) is 28.0 Å². The molecule has 53 heavy (non-hydrogen) atoms. The molecule has 0 radical (unpaired) electrons. The van der Waals surface area contributed by atoms with Crippen LogP contribution in [0.25, 0.3) is 0 Å². The lowest BCUT2D eigenvalue weighted by atomic mass is 9.75. The topological polar surface area (TPSA) is 135 Å². The molecule has 4 amide bonds. The lowest BCUT2D eigenvalue weighted by Crippen LogP contribution is -2.53. The maximum Gasteiger partial charge on any atom is 0.270 e. The van der Waals surface area contributed by atoms with E-state index in [4.69, 9.17) is 4.74 Å². The van der Waals surface area contributed by atoms with Gasteiger partial charge in [-0.3, -0.25) is 23.9 Å². The minimum atomic E-state index is -0.930. The van der Waals surface area contributed by atoms with Crippen molar-refractivity contribution in [3.05, 3.63) is 47.5 Å². The van der Waals surface area contributed by atoms with E-state index in [1.54, 1.807) is 29.9 Å². The van der Waals surface area contributed by atoms with Crippen LogP contribution in [-0.4, -0.2) is 76.7 Å². The molecular weight excluding hydrogens is 675 g/mol. The molecule has 2 heterocycles. The molecule has 11 nitrogen and oxygen atoms in total. The van der Waals surface area contributed by atoms with Gasteiger partial charge in [0.2, 0.25) is 17.7 Å². The third-order valence-electron chi connectivity index (χ3n) is 13.2. The normalized spacial score (nSPS) is 27.3. The average Bonchev–Trinajstić information content (AvgIpc) is 4.05. The maximum absolute atomic E-state index is 16.0. The fraction of sp³-hybridized carbons (Fsp3) is 0.683. The Morgan fingerprint density at radius 3 is 2.23 bits per heavy atom. The molecular formula is C41H57FN6O5. The van der Waals surface area contributed by atoms with Gasteiger partial charge in [0.05, 0.1) is 5.69 Å². The Bertz CT molecular complexity index is 1710. The van der Waals surface area contributed by atoms with E-state index in [1.807, 2.05) is 25.7 Å². The van der Waals surface area contributed by atoms with Gasteiger partial charge in [-0.05, 0) is 137 Å². The summed E-state index contributed by atoms with van der Waals surface area (Å²) < 4.78 is 22.9. The number of rotatable bonds is 14. The molecule has 8 atom stereocenters. The van der Waals surface area contributed by atoms with Crippen molar-refractivity contribution in [3.8, 4) is 0 Å². The van der Waals surface area contributed by atoms with Gasteiger partial charge < -0.3 is 25.6 Å². The van der Waals surface area contributed by atoms with Crippen molar-refractivity contribution in [3.63, 3.8) is 0 Å². The second-order valence-electron chi connectivity index (χ2n) is 17.5. The molecule has 1 aliphatic heterocycles. The van der Waals surface area contributed by atoms with Crippen LogP contribution in [-0.2, 0) is 19.1 Å². The Morgan fingerprint density at radius 1 is 0.906 bits per heavy atom. The highest BCUT2D eigenvalue weighted by atomic mass is 19.1. The van der Waals surface area contributed by atoms with Crippen molar-refractivity contribution in [2.45, 2.75) is 116 Å². The number of carbonyl (C=O) groups excluding carboxylic acids is 4. The van der Waals surface area contributed by atoms with Crippen LogP contribution in [0.15, 0.2) is 30.5 Å². The van der Waals surface area contributed by atoms with Crippen LogP contribution in [0, 0.1) is 46.7 Å². The number of nitrogens with zero attached hydrogens (tertiary/aromatic N) is 3. The molecule has 12 heteroatoms. The monoisotopic (exact) mass is 732 g/mol. The van der Waals surface area contributed by atoms with Gasteiger partial charge in [-0.1, -0.05) is 19.9 Å². The van der Waals surface area contributed by atoms with Crippen molar-refractivity contribution >= 4 is 29.3 Å². The number of methoxy groups -OCH3 is 1. The van der Waals surface area contributed by atoms with E-state index in [0.29, 0.717) is 59.4 Å². The zero-order valence-electron chi connectivity index (χ0n) is 32.1. The number of halogens is 1. The maximum atomic E-state index is 16.0. The molecule has 1 saturated heterocycles. The standard InChI is InChI=1S/C41H57FN6O5/c1-22(2)48-33(13-15-43-48)38(50)46-36(34(25-7-8-25)26-9-10-26)39(51)44-32-12-11-27(17-31(32)42)23(3)35(45-37(49)24(4)53-6)40(52)47-16-14-28-18-41(5)19-29(21-47)30(28)20-41/h11-13,15,17,22-26,28-30,34-36H,7-10,14,16,18-21H2,1-6H3,(H,44,51)(H,45,49)(H,46,50)/t23-,24-,28-,29+,30?,35+,36-,41+/m0/s1. The van der Waals surface area contributed by atoms with Crippen LogP contribution < -0.4 is 16.0 Å². The Kier molecular flexibility index (Phi) is 10.5. The summed E-state index contributed by atoms with van der Waals surface area (Å²) in [6, 6.07) is 4.39. The van der Waals surface area contributed by atoms with Gasteiger partial charge in [0.15, 0.2) is 0 Å². The Labute approximate surface area is 312 Å². The predicted octanol–water partition coefficient (Wildman–Crippen LogP) is 5.68. The van der Waals surface area contributed by atoms with Crippen LogP contribution in [0.3, 0.4) is 0 Å². The summed E-state index contributed by atoms with van der Waals surface area (Å²) in [6.07, 6.45) is 9.36. The molecule has 7 rings (SSSR count). The molecule has 5 aliphatic rings. The van der Waals surface area contributed by atoms with Gasteiger partial charge in [0.1, 0.15) is 29.7 Å². The van der Waals surface area contributed by atoms with Crippen molar-refractivity contribution in [1.29, 1.82) is 0 Å². The van der Waals surface area contributed by atoms with Gasteiger partial charge in [0.25, 0.3) is 5.91 Å². The van der Waals surface area contributed by atoms with E-state index < -0.39 is 41.7 Å². The summed E-state index contributed by atoms with van der Waals surface area (Å²) in [4.78, 5) is 57.0. The summed E-state index contributed by atoms with van der Waals surface area (Å²) in [5.74, 6) is -0.252. The van der Waals surface area contributed by atoms with E-state index >= 15 is 4.39 Å². The van der Waals surface area contributed by atoms with Crippen LogP contribution in [0.2, 0.25) is 0 Å². The van der Waals surface area contributed by atoms with Crippen molar-refractivity contribution in [1.82, 2.24) is 25.3 Å². The third kappa shape index (κ3) is 7.75. The number of likely N-dealkylation sites (tertiary alicyclic amines) is 1. The van der Waals surface area contributed by atoms with E-state index in [0.717, 1.165) is 38.5 Å². The van der Waals surface area contributed by atoms with Crippen LogP contribution in [0.5, 0.6) is 0 Å². The van der Waals surface area contributed by atoms with E-state index in [9.17, 15) is 19.2 Å². The highest BCUT2D eigenvalue weighted by Gasteiger charge is 2.54. The SMILES string of the molecule is CO[C@@H](C)C(=O)N[C@@H](C(=O)N1CC[C@H]2C[C@@]3(C)CC2[C@@H](C1)C3)[C@@H](C)c1ccc(NC(=O)[C@@H](NC(=O)c2ccnn2C(C)C)C(C2CC2)C2CC2)c(F)c1. The van der Waals surface area contributed by atoms with Gasteiger partial charge in [-0.25, -0.2) is 4.39 Å². The molecule has 3 N–H and O–H groups in total. The number of hydrogen-bond donors (Lipinski definition) is 3. The largest absolute Gasteiger partial charge is 0.372 e. The molecule has 1 unspecified atom stereocenters. The molecule has 5 fully saturated rings. The minimum Gasteiger partial charge on any atom is -0.372 e. The van der Waals surface area contributed by atoms with Crippen molar-refractivity contribution < 1.29 is 28.3 Å². The predicted molar refractivity (Wildman–Crippen MR) is 198 cm³/mol. The van der Waals surface area contributed by atoms with Gasteiger partial charge in [-0.15, -0.1) is 0 Å². The average molecular weight is 733 g/mol. The molecule has 4 aliphatic carbocycles. The molecule has 4 saturated carbocycles. The minimum absolute atomic E-state index is 0.00467. The third-order valence-corrected chi connectivity index (χ3v) is 13.2. The highest BCUT2D eigenvalue weighted by Crippen LogP contribution is 2.61. The summed E-state index contributed by atoms with van der Waals surface area (Å²) >= 11 is 0. The zero-order chi connectivity index (χ0) is 37.8. The number of nitrogens with one attached hydrogen (secondary N) is 3. The zero-order valence-corrected chi connectivity index (χ0v) is 32.1. The number of amides is 4. The molecule has 288 valence electrons. The molecule has 1 aromatic heterocycles. The van der Waals surface area contributed by atoms with Crippen LogP contribution >= 0.6 is 0 Å². The van der Waals surface area contributed by atoms with E-state index in [-0.39, 0.29) is 29.5 Å². The Morgan fingerprint density at radius 2 is 1.60 bits per heavy atom. The fourth-order valence-corrected chi connectivity index (χ4v) is 10.2. The number of hydrogen-bond acceptors (Lipinski definition) is 6. The first kappa shape index (κ1) is 37.5. The first-order chi connectivity index (χ1) is 25.3. The van der Waals surface area contributed by atoms with Gasteiger partial charge in [-0.2, -0.15) is 5.10 Å². The lowest BCUT2D eigenvalue weighted by molar-refractivity contribution is -0.140. The van der Waals surface area contributed by atoms with Crippen molar-refractivity contribution in [2.24, 2.45) is 40.9 Å². The lowest BCUT2D eigenvalue weighted by Gasteiger charge is -2.33. The fourth-order valence-electron chi connectivity index (χ4n) is 10.2. The number of fused-ring (bicyclic) bond motifs is 1. The number of anilines is 1. The number of benzene rings is 1. The number of ether oxygens (including phenoxy) is 1. The number of carbonyl (C=O) groups is 4. The highest BCUT2D eigenvalue weighted by molar-refractivity contribution is 6.01. The molecule has 1 aromatic carbocycles. The molecule has 0 spiro atoms. The summed E-state index contributed by atoms with van der Waals surface area (Å²) in [7, 11) is 1.45. The summed E-state index contributed by atoms with van der Waals surface area (Å²) in [6.45, 7) is 11.0. The second kappa shape index (κ2) is 14.8. The molecule has 2 bridgehead atoms. The smallest absolute Gasteiger partial charge is 0.270 e. The van der Waals surface area contributed by atoms with Crippen LogP contribution in [0.1, 0.15) is 114 Å². The van der Waals surface area contributed by atoms with Crippen molar-refractivity contribution in [2.75, 3.05) is 25.5 Å². The van der Waals surface area contributed by atoms with Crippen LogP contribution in [0.4, 0.5) is 10.1 Å². The van der Waals surface area contributed by atoms with Gasteiger partial charge >= 0.3 is 0 Å². The second-order valence-corrected chi connectivity index (χ2v) is 17.5.